The lowest BCUT2D eigenvalue weighted by Crippen LogP contribution is -2.38. The van der Waals surface area contributed by atoms with Gasteiger partial charge in [-0.15, -0.1) is 24.0 Å². The van der Waals surface area contributed by atoms with E-state index >= 15 is 0 Å². The molecule has 0 aromatic heterocycles. The number of nitrogens with one attached hydrogen (secondary N) is 4. The van der Waals surface area contributed by atoms with Crippen LogP contribution in [0.3, 0.4) is 0 Å². The maximum atomic E-state index is 11.9. The third-order valence-electron chi connectivity index (χ3n) is 4.53. The van der Waals surface area contributed by atoms with Crippen molar-refractivity contribution in [3.63, 3.8) is 0 Å². The average Bonchev–Trinajstić information content (AvgIpc) is 2.81. The topological polar surface area (TPSA) is 138 Å². The van der Waals surface area contributed by atoms with Crippen molar-refractivity contribution in [2.75, 3.05) is 26.7 Å². The normalized spacial score (nSPS) is 10.5. The smallest absolute Gasteiger partial charge is 0.251 e. The molecule has 0 saturated carbocycles. The van der Waals surface area contributed by atoms with Crippen LogP contribution in [0, 0.1) is 0 Å². The molecule has 0 aliphatic carbocycles. The first-order valence-corrected chi connectivity index (χ1v) is 10.4. The summed E-state index contributed by atoms with van der Waals surface area (Å²) in [5.74, 6) is -0.370. The number of hydrogen-bond donors (Lipinski definition) is 5. The zero-order chi connectivity index (χ0) is 23.3. The number of hydrogen-bond acceptors (Lipinski definition) is 4. The molecule has 6 N–H and O–H groups in total. The number of nitrogens with zero attached hydrogens (tertiary/aromatic N) is 1. The molecule has 0 bridgehead atoms. The van der Waals surface area contributed by atoms with Gasteiger partial charge < -0.3 is 27.0 Å². The molecule has 2 aromatic carbocycles. The number of aliphatic imine (C=N–C) groups is 1. The highest BCUT2D eigenvalue weighted by atomic mass is 127. The van der Waals surface area contributed by atoms with E-state index in [0.717, 1.165) is 24.1 Å². The minimum Gasteiger partial charge on any atom is -0.368 e. The predicted octanol–water partition coefficient (Wildman–Crippen LogP) is 1.18. The molecule has 0 heterocycles. The van der Waals surface area contributed by atoms with Crippen molar-refractivity contribution in [1.82, 2.24) is 21.3 Å². The summed E-state index contributed by atoms with van der Waals surface area (Å²) >= 11 is 0. The number of carbonyl (C=O) groups excluding carboxylic acids is 3. The molecule has 0 unspecified atom stereocenters. The molecule has 3 amide bonds. The van der Waals surface area contributed by atoms with Gasteiger partial charge in [0.25, 0.3) is 11.8 Å². The van der Waals surface area contributed by atoms with Crippen LogP contribution in [0.1, 0.15) is 38.8 Å². The monoisotopic (exact) mass is 566 g/mol. The molecular formula is C23H31IN6O3. The number of halogens is 1. The van der Waals surface area contributed by atoms with Gasteiger partial charge in [-0.1, -0.05) is 24.3 Å². The van der Waals surface area contributed by atoms with E-state index in [-0.39, 0.29) is 42.3 Å². The molecule has 0 saturated heterocycles. The largest absolute Gasteiger partial charge is 0.368 e. The fraction of sp³-hybridized carbons (Fsp3) is 0.304. The number of amides is 3. The lowest BCUT2D eigenvalue weighted by molar-refractivity contribution is -0.117. The van der Waals surface area contributed by atoms with Crippen molar-refractivity contribution in [3.8, 4) is 0 Å². The van der Waals surface area contributed by atoms with E-state index < -0.39 is 5.91 Å². The van der Waals surface area contributed by atoms with Crippen molar-refractivity contribution in [2.24, 2.45) is 10.7 Å². The van der Waals surface area contributed by atoms with Gasteiger partial charge in [0.15, 0.2) is 5.96 Å². The number of guanidine groups is 1. The molecule has 2 aromatic rings. The molecule has 2 rings (SSSR count). The highest BCUT2D eigenvalue weighted by Crippen LogP contribution is 2.07. The Labute approximate surface area is 211 Å². The molecule has 0 aliphatic heterocycles. The van der Waals surface area contributed by atoms with Gasteiger partial charge in [-0.2, -0.15) is 0 Å². The molecule has 178 valence electrons. The number of nitrogens with two attached hydrogens (primary N) is 1. The summed E-state index contributed by atoms with van der Waals surface area (Å²) in [6.07, 6.45) is 0.740. The zero-order valence-electron chi connectivity index (χ0n) is 18.8. The maximum absolute atomic E-state index is 11.9. The van der Waals surface area contributed by atoms with E-state index in [1.165, 1.54) is 0 Å². The van der Waals surface area contributed by atoms with Crippen LogP contribution in [-0.2, 0) is 17.8 Å². The molecule has 0 spiro atoms. The highest BCUT2D eigenvalue weighted by Gasteiger charge is 2.07. The number of benzene rings is 2. The van der Waals surface area contributed by atoms with Gasteiger partial charge in [-0.25, -0.2) is 4.99 Å². The first-order valence-electron chi connectivity index (χ1n) is 10.4. The lowest BCUT2D eigenvalue weighted by atomic mass is 10.1. The average molecular weight is 566 g/mol. The number of rotatable bonds is 10. The van der Waals surface area contributed by atoms with Crippen molar-refractivity contribution < 1.29 is 14.4 Å². The maximum Gasteiger partial charge on any atom is 0.251 e. The van der Waals surface area contributed by atoms with E-state index in [1.807, 2.05) is 37.3 Å². The number of carbonyl (C=O) groups is 3. The first-order chi connectivity index (χ1) is 15.4. The summed E-state index contributed by atoms with van der Waals surface area (Å²) in [5.41, 5.74) is 8.11. The Balaban J connectivity index is 0.00000544. The van der Waals surface area contributed by atoms with Crippen LogP contribution in [0.2, 0.25) is 0 Å². The van der Waals surface area contributed by atoms with Gasteiger partial charge in [0, 0.05) is 31.3 Å². The van der Waals surface area contributed by atoms with Crippen LogP contribution >= 0.6 is 24.0 Å². The Kier molecular flexibility index (Phi) is 12.5. The fourth-order valence-corrected chi connectivity index (χ4v) is 2.88. The SMILES string of the molecule is CCNC(=NCc1ccc(C(=O)NCC(N)=O)cc1)NCCc1cccc(C(=O)NC)c1.I. The predicted molar refractivity (Wildman–Crippen MR) is 140 cm³/mol. The summed E-state index contributed by atoms with van der Waals surface area (Å²) in [6, 6.07) is 14.5. The molecule has 0 atom stereocenters. The second kappa shape index (κ2) is 14.8. The summed E-state index contributed by atoms with van der Waals surface area (Å²) in [5, 5.41) is 11.6. The third kappa shape index (κ3) is 9.89. The Morgan fingerprint density at radius 1 is 0.909 bits per heavy atom. The van der Waals surface area contributed by atoms with Crippen LogP contribution in [0.4, 0.5) is 0 Å². The minimum atomic E-state index is -0.591. The summed E-state index contributed by atoms with van der Waals surface area (Å²) in [6.45, 7) is 3.60. The Bertz CT molecular complexity index is 963. The van der Waals surface area contributed by atoms with Gasteiger partial charge in [-0.3, -0.25) is 14.4 Å². The van der Waals surface area contributed by atoms with Crippen LogP contribution in [0.15, 0.2) is 53.5 Å². The lowest BCUT2D eigenvalue weighted by Gasteiger charge is -2.12. The van der Waals surface area contributed by atoms with Gasteiger partial charge in [0.1, 0.15) is 0 Å². The minimum absolute atomic E-state index is 0. The Hall–Kier alpha value is -3.15. The van der Waals surface area contributed by atoms with Gasteiger partial charge in [-0.05, 0) is 48.7 Å². The molecule has 33 heavy (non-hydrogen) atoms. The summed E-state index contributed by atoms with van der Waals surface area (Å²) in [7, 11) is 1.61. The second-order valence-electron chi connectivity index (χ2n) is 7.00. The first kappa shape index (κ1) is 27.9. The summed E-state index contributed by atoms with van der Waals surface area (Å²) < 4.78 is 0. The quantitative estimate of drug-likeness (QED) is 0.167. The van der Waals surface area contributed by atoms with E-state index in [9.17, 15) is 14.4 Å². The molecule has 0 fully saturated rings. The van der Waals surface area contributed by atoms with Gasteiger partial charge >= 0.3 is 0 Å². The zero-order valence-corrected chi connectivity index (χ0v) is 21.1. The molecule has 0 radical (unpaired) electrons. The molecule has 0 aliphatic rings. The fourth-order valence-electron chi connectivity index (χ4n) is 2.88. The van der Waals surface area contributed by atoms with Crippen molar-refractivity contribution >= 4 is 47.7 Å². The molecule has 9 nitrogen and oxygen atoms in total. The third-order valence-corrected chi connectivity index (χ3v) is 4.53. The van der Waals surface area contributed by atoms with E-state index in [2.05, 4.69) is 26.3 Å². The van der Waals surface area contributed by atoms with E-state index in [4.69, 9.17) is 5.73 Å². The van der Waals surface area contributed by atoms with Crippen LogP contribution in [-0.4, -0.2) is 50.4 Å². The van der Waals surface area contributed by atoms with E-state index in [1.54, 1.807) is 25.2 Å². The van der Waals surface area contributed by atoms with Crippen LogP contribution < -0.4 is 27.0 Å². The van der Waals surface area contributed by atoms with Gasteiger partial charge in [0.05, 0.1) is 13.1 Å². The van der Waals surface area contributed by atoms with Gasteiger partial charge in [0.2, 0.25) is 5.91 Å². The van der Waals surface area contributed by atoms with Crippen LogP contribution in [0.25, 0.3) is 0 Å². The van der Waals surface area contributed by atoms with Crippen LogP contribution in [0.5, 0.6) is 0 Å². The second-order valence-corrected chi connectivity index (χ2v) is 7.00. The van der Waals surface area contributed by atoms with Crippen molar-refractivity contribution in [1.29, 1.82) is 0 Å². The Morgan fingerprint density at radius 2 is 1.64 bits per heavy atom. The van der Waals surface area contributed by atoms with E-state index in [0.29, 0.717) is 30.2 Å². The molecular weight excluding hydrogens is 535 g/mol. The van der Waals surface area contributed by atoms with Crippen molar-refractivity contribution in [2.45, 2.75) is 19.9 Å². The summed E-state index contributed by atoms with van der Waals surface area (Å²) in [4.78, 5) is 39.1. The van der Waals surface area contributed by atoms with Crippen molar-refractivity contribution in [3.05, 3.63) is 70.8 Å². The highest BCUT2D eigenvalue weighted by molar-refractivity contribution is 14.0. The number of primary amides is 1. The molecule has 10 heteroatoms. The standard InChI is InChI=1S/C23H30N6O3.HI/c1-3-26-23(27-12-11-16-5-4-6-19(13-16)21(31)25-2)29-14-17-7-9-18(10-8-17)22(32)28-15-20(24)30;/h4-10,13H,3,11-12,14-15H2,1-2H3,(H2,24,30)(H,25,31)(H,28,32)(H2,26,27,29);1H. The Morgan fingerprint density at radius 3 is 2.27 bits per heavy atom.